The third-order valence-electron chi connectivity index (χ3n) is 0. The average Bonchev–Trinajstić information content (AvgIpc) is 0.918. The van der Waals surface area contributed by atoms with Crippen LogP contribution in [-0.4, -0.2) is 0 Å². The first-order chi connectivity index (χ1) is 1.41. The lowest BCUT2D eigenvalue weighted by Gasteiger charge is -1.24. The first-order valence-corrected chi connectivity index (χ1v) is 0.512. The van der Waals surface area contributed by atoms with Crippen molar-refractivity contribution in [2.75, 3.05) is 0 Å². The quantitative estimate of drug-likeness (QED) is 0.463. The highest BCUT2D eigenvalue weighted by Crippen LogP contribution is 0.900. The predicted molar refractivity (Wildman–Crippen MR) is 30.4 cm³/mol. The molecule has 5 heavy (non-hydrogen) atoms. The van der Waals surface area contributed by atoms with Crippen LogP contribution in [-0.2, 0) is 0 Å². The number of hydrogen-bond donors (Lipinski definition) is 1. The fourth-order valence-corrected chi connectivity index (χ4v) is 0. The monoisotopic (exact) mass is 202 g/mol. The van der Waals surface area contributed by atoms with Crippen molar-refractivity contribution in [2.45, 2.75) is 0 Å². The zero-order valence-corrected chi connectivity index (χ0v) is 5.77. The number of hydrogen-bond acceptors (Lipinski definition) is 2. The number of rotatable bonds is 0. The SMILES string of the molecule is Br.Br.N#CN. The standard InChI is InChI=1S/CH2N2.2BrH/c2-1-3;;/h2H2;2*1H. The van der Waals surface area contributed by atoms with Gasteiger partial charge in [-0.05, 0) is 0 Å². The van der Waals surface area contributed by atoms with E-state index in [9.17, 15) is 0 Å². The number of nitrogens with zero attached hydrogens (tertiary/aromatic N) is 1. The maximum atomic E-state index is 7.10. The van der Waals surface area contributed by atoms with Crippen LogP contribution in [0.1, 0.15) is 0 Å². The summed E-state index contributed by atoms with van der Waals surface area (Å²) in [4.78, 5) is 0. The molecule has 0 bridgehead atoms. The third-order valence-corrected chi connectivity index (χ3v) is 0. The molecule has 0 saturated heterocycles. The highest BCUT2D eigenvalue weighted by atomic mass is 79.9. The molecule has 4 heteroatoms. The summed E-state index contributed by atoms with van der Waals surface area (Å²) in [6.45, 7) is 0. The second-order valence-electron chi connectivity index (χ2n) is 0.129. The summed E-state index contributed by atoms with van der Waals surface area (Å²) >= 11 is 0. The molecule has 0 amide bonds. The minimum absolute atomic E-state index is 0. The van der Waals surface area contributed by atoms with E-state index in [1.807, 2.05) is 0 Å². The van der Waals surface area contributed by atoms with E-state index < -0.39 is 0 Å². The molecule has 2 nitrogen and oxygen atoms in total. The van der Waals surface area contributed by atoms with Gasteiger partial charge in [0.15, 0.2) is 6.19 Å². The minimum Gasteiger partial charge on any atom is -0.337 e. The van der Waals surface area contributed by atoms with Gasteiger partial charge in [0, 0.05) is 0 Å². The molecule has 0 rings (SSSR count). The molecule has 0 saturated carbocycles. The van der Waals surface area contributed by atoms with E-state index in [4.69, 9.17) is 5.26 Å². The fraction of sp³-hybridized carbons (Fsp3) is 0. The van der Waals surface area contributed by atoms with Gasteiger partial charge < -0.3 is 5.73 Å². The lowest BCUT2D eigenvalue weighted by Crippen LogP contribution is -1.69. The summed E-state index contributed by atoms with van der Waals surface area (Å²) in [7, 11) is 0. The summed E-state index contributed by atoms with van der Waals surface area (Å²) in [5.74, 6) is 0. The van der Waals surface area contributed by atoms with Gasteiger partial charge in [0.05, 0.1) is 0 Å². The molecule has 0 aromatic heterocycles. The molecule has 0 aromatic carbocycles. The minimum atomic E-state index is 0. The van der Waals surface area contributed by atoms with Gasteiger partial charge in [-0.1, -0.05) is 0 Å². The molecule has 0 aliphatic rings. The summed E-state index contributed by atoms with van der Waals surface area (Å²) in [6.07, 6.45) is 1.25. The van der Waals surface area contributed by atoms with Crippen molar-refractivity contribution < 1.29 is 0 Å². The van der Waals surface area contributed by atoms with E-state index >= 15 is 0 Å². The Morgan fingerprint density at radius 2 is 1.40 bits per heavy atom. The average molecular weight is 204 g/mol. The van der Waals surface area contributed by atoms with Crippen LogP contribution >= 0.6 is 34.0 Å². The normalized spacial score (nSPS) is 1.40. The molecular weight excluding hydrogens is 200 g/mol. The van der Waals surface area contributed by atoms with Gasteiger partial charge in [0.2, 0.25) is 0 Å². The maximum absolute atomic E-state index is 7.10. The van der Waals surface area contributed by atoms with Crippen molar-refractivity contribution in [1.29, 1.82) is 5.26 Å². The molecular formula is CH4Br2N2. The van der Waals surface area contributed by atoms with Gasteiger partial charge >= 0.3 is 0 Å². The highest BCUT2D eigenvalue weighted by molar-refractivity contribution is 8.93. The van der Waals surface area contributed by atoms with E-state index in [0.717, 1.165) is 0 Å². The van der Waals surface area contributed by atoms with Crippen LogP contribution in [0.25, 0.3) is 0 Å². The van der Waals surface area contributed by atoms with Gasteiger partial charge in [-0.25, -0.2) is 0 Å². The first-order valence-electron chi connectivity index (χ1n) is 0.512. The van der Waals surface area contributed by atoms with Crippen molar-refractivity contribution >= 4 is 34.0 Å². The molecule has 0 fully saturated rings. The van der Waals surface area contributed by atoms with Crippen molar-refractivity contribution in [3.05, 3.63) is 0 Å². The Hall–Kier alpha value is 0.250. The Kier molecular flexibility index (Phi) is 108. The number of nitriles is 1. The third kappa shape index (κ3) is 344. The molecule has 0 atom stereocenters. The molecule has 0 heterocycles. The molecule has 0 aliphatic carbocycles. The van der Waals surface area contributed by atoms with Gasteiger partial charge in [-0.2, -0.15) is 5.26 Å². The first kappa shape index (κ1) is 18.7. The van der Waals surface area contributed by atoms with E-state index in [0.29, 0.717) is 0 Å². The number of halogens is 2. The highest BCUT2D eigenvalue weighted by Gasteiger charge is 1.12. The van der Waals surface area contributed by atoms with Crippen molar-refractivity contribution in [1.82, 2.24) is 0 Å². The maximum Gasteiger partial charge on any atom is 0.173 e. The Morgan fingerprint density at radius 3 is 1.40 bits per heavy atom. The van der Waals surface area contributed by atoms with Gasteiger partial charge in [-0.15, -0.1) is 34.0 Å². The second kappa shape index (κ2) is 28.7. The van der Waals surface area contributed by atoms with Crippen molar-refractivity contribution in [2.24, 2.45) is 5.73 Å². The fourth-order valence-electron chi connectivity index (χ4n) is 0. The van der Waals surface area contributed by atoms with E-state index in [1.165, 1.54) is 6.19 Å². The zero-order chi connectivity index (χ0) is 2.71. The summed E-state index contributed by atoms with van der Waals surface area (Å²) in [6, 6.07) is 0. The summed E-state index contributed by atoms with van der Waals surface area (Å²) in [5.41, 5.74) is 4.15. The van der Waals surface area contributed by atoms with Gasteiger partial charge in [0.25, 0.3) is 0 Å². The van der Waals surface area contributed by atoms with Crippen LogP contribution < -0.4 is 5.73 Å². The van der Waals surface area contributed by atoms with Crippen LogP contribution in [0.4, 0.5) is 0 Å². The van der Waals surface area contributed by atoms with Crippen LogP contribution in [0.5, 0.6) is 0 Å². The Morgan fingerprint density at radius 1 is 1.40 bits per heavy atom. The Balaban J connectivity index is -0.0000000200. The van der Waals surface area contributed by atoms with Gasteiger partial charge in [-0.3, -0.25) is 0 Å². The molecule has 0 aromatic rings. The molecule has 2 N–H and O–H groups in total. The van der Waals surface area contributed by atoms with E-state index in [1.54, 1.807) is 0 Å². The summed E-state index contributed by atoms with van der Waals surface area (Å²) < 4.78 is 0. The molecule has 32 valence electrons. The second-order valence-corrected chi connectivity index (χ2v) is 0.129. The van der Waals surface area contributed by atoms with E-state index in [-0.39, 0.29) is 34.0 Å². The zero-order valence-electron chi connectivity index (χ0n) is 2.34. The van der Waals surface area contributed by atoms with Gasteiger partial charge in [0.1, 0.15) is 0 Å². The predicted octanol–water partition coefficient (Wildman–Crippen LogP) is 0.582. The lowest BCUT2D eigenvalue weighted by atomic mass is 11.5. The Bertz CT molecular complexity index is 29.1. The number of nitrogens with two attached hydrogens (primary N) is 1. The molecule has 0 radical (unpaired) electrons. The smallest absolute Gasteiger partial charge is 0.173 e. The van der Waals surface area contributed by atoms with Crippen LogP contribution in [0, 0.1) is 11.5 Å². The Labute approximate surface area is 51.5 Å². The van der Waals surface area contributed by atoms with Crippen LogP contribution in [0.2, 0.25) is 0 Å². The van der Waals surface area contributed by atoms with Crippen molar-refractivity contribution in [3.63, 3.8) is 0 Å². The van der Waals surface area contributed by atoms with Crippen molar-refractivity contribution in [3.8, 4) is 6.19 Å². The largest absolute Gasteiger partial charge is 0.337 e. The van der Waals surface area contributed by atoms with E-state index in [2.05, 4.69) is 5.73 Å². The molecule has 0 aliphatic heterocycles. The molecule has 0 unspecified atom stereocenters. The summed E-state index contributed by atoms with van der Waals surface area (Å²) in [5, 5.41) is 7.10. The topological polar surface area (TPSA) is 49.8 Å². The lowest BCUT2D eigenvalue weighted by molar-refractivity contribution is 1.45. The van der Waals surface area contributed by atoms with Crippen LogP contribution in [0.15, 0.2) is 0 Å². The van der Waals surface area contributed by atoms with Crippen LogP contribution in [0.3, 0.4) is 0 Å². The molecule has 0 spiro atoms.